The van der Waals surface area contributed by atoms with Gasteiger partial charge in [0.05, 0.1) is 13.0 Å². The molecule has 14 heavy (non-hydrogen) atoms. The van der Waals surface area contributed by atoms with Gasteiger partial charge in [0.1, 0.15) is 0 Å². The molecule has 0 amide bonds. The molecule has 3 heteroatoms. The Morgan fingerprint density at radius 1 is 1.36 bits per heavy atom. The highest BCUT2D eigenvalue weighted by Gasteiger charge is 2.35. The number of carbonyl (C=O) groups excluding carboxylic acids is 1. The molecule has 2 aliphatic rings. The maximum absolute atomic E-state index is 11.3. The minimum Gasteiger partial charge on any atom is -0.469 e. The lowest BCUT2D eigenvalue weighted by Crippen LogP contribution is -2.28. The van der Waals surface area contributed by atoms with Crippen LogP contribution in [0, 0.1) is 11.8 Å². The lowest BCUT2D eigenvalue weighted by Gasteiger charge is -2.17. The highest BCUT2D eigenvalue weighted by molar-refractivity contribution is 5.73. The Balaban J connectivity index is 1.84. The van der Waals surface area contributed by atoms with Crippen LogP contribution in [0.1, 0.15) is 32.1 Å². The zero-order valence-corrected chi connectivity index (χ0v) is 8.79. The van der Waals surface area contributed by atoms with Crippen LogP contribution in [-0.4, -0.2) is 25.7 Å². The maximum Gasteiger partial charge on any atom is 0.310 e. The second kappa shape index (κ2) is 4.30. The predicted octanol–water partition coefficient (Wildman–Crippen LogP) is 1.33. The number of hydrogen-bond donors (Lipinski definition) is 1. The SMILES string of the molecule is COC(=O)C1CNC(C2CCCC2)C1. The summed E-state index contributed by atoms with van der Waals surface area (Å²) in [6.45, 7) is 0.813. The van der Waals surface area contributed by atoms with E-state index in [0.29, 0.717) is 6.04 Å². The number of hydrogen-bond acceptors (Lipinski definition) is 3. The van der Waals surface area contributed by atoms with Gasteiger partial charge in [-0.05, 0) is 25.2 Å². The van der Waals surface area contributed by atoms with Crippen LogP contribution < -0.4 is 5.32 Å². The van der Waals surface area contributed by atoms with Crippen molar-refractivity contribution in [2.24, 2.45) is 11.8 Å². The highest BCUT2D eigenvalue weighted by Crippen LogP contribution is 2.32. The average molecular weight is 197 g/mol. The van der Waals surface area contributed by atoms with E-state index in [1.54, 1.807) is 0 Å². The van der Waals surface area contributed by atoms with Crippen molar-refractivity contribution < 1.29 is 9.53 Å². The molecule has 1 saturated heterocycles. The molecule has 0 radical (unpaired) electrons. The predicted molar refractivity (Wildman–Crippen MR) is 53.9 cm³/mol. The summed E-state index contributed by atoms with van der Waals surface area (Å²) < 4.78 is 4.77. The van der Waals surface area contributed by atoms with E-state index < -0.39 is 0 Å². The van der Waals surface area contributed by atoms with E-state index in [2.05, 4.69) is 5.32 Å². The zero-order valence-electron chi connectivity index (χ0n) is 8.79. The Morgan fingerprint density at radius 3 is 2.71 bits per heavy atom. The lowest BCUT2D eigenvalue weighted by molar-refractivity contribution is -0.144. The number of carbonyl (C=O) groups is 1. The molecule has 2 unspecified atom stereocenters. The van der Waals surface area contributed by atoms with Crippen LogP contribution >= 0.6 is 0 Å². The largest absolute Gasteiger partial charge is 0.469 e. The molecule has 1 aliphatic carbocycles. The Kier molecular flexibility index (Phi) is 3.06. The molecule has 0 aromatic rings. The van der Waals surface area contributed by atoms with Crippen molar-refractivity contribution in [3.05, 3.63) is 0 Å². The molecular weight excluding hydrogens is 178 g/mol. The summed E-state index contributed by atoms with van der Waals surface area (Å²) in [6, 6.07) is 0.571. The summed E-state index contributed by atoms with van der Waals surface area (Å²) in [4.78, 5) is 11.3. The summed E-state index contributed by atoms with van der Waals surface area (Å²) in [7, 11) is 1.48. The number of rotatable bonds is 2. The average Bonchev–Trinajstić information content (AvgIpc) is 2.86. The molecule has 0 bridgehead atoms. The van der Waals surface area contributed by atoms with Crippen molar-refractivity contribution in [1.82, 2.24) is 5.32 Å². The first-order chi connectivity index (χ1) is 6.81. The maximum atomic E-state index is 11.3. The number of nitrogens with one attached hydrogen (secondary N) is 1. The van der Waals surface area contributed by atoms with Gasteiger partial charge in [0.25, 0.3) is 0 Å². The van der Waals surface area contributed by atoms with Gasteiger partial charge in [-0.2, -0.15) is 0 Å². The molecular formula is C11H19NO2. The first-order valence-corrected chi connectivity index (χ1v) is 5.62. The normalized spacial score (nSPS) is 33.5. The van der Waals surface area contributed by atoms with Crippen molar-refractivity contribution in [1.29, 1.82) is 0 Å². The molecule has 2 atom stereocenters. The third-order valence-electron chi connectivity index (χ3n) is 3.67. The monoisotopic (exact) mass is 197 g/mol. The second-order valence-corrected chi connectivity index (χ2v) is 4.52. The Hall–Kier alpha value is -0.570. The molecule has 1 saturated carbocycles. The molecule has 80 valence electrons. The minimum atomic E-state index is -0.0435. The summed E-state index contributed by atoms with van der Waals surface area (Å²) in [5.41, 5.74) is 0. The van der Waals surface area contributed by atoms with Crippen LogP contribution in [0.3, 0.4) is 0 Å². The molecule has 0 aromatic carbocycles. The smallest absolute Gasteiger partial charge is 0.310 e. The number of esters is 1. The summed E-state index contributed by atoms with van der Waals surface area (Å²) in [6.07, 6.45) is 6.39. The summed E-state index contributed by atoms with van der Waals surface area (Å²) in [5, 5.41) is 3.46. The van der Waals surface area contributed by atoms with Gasteiger partial charge >= 0.3 is 5.97 Å². The molecule has 2 fully saturated rings. The highest BCUT2D eigenvalue weighted by atomic mass is 16.5. The lowest BCUT2D eigenvalue weighted by atomic mass is 9.94. The summed E-state index contributed by atoms with van der Waals surface area (Å²) >= 11 is 0. The molecule has 1 N–H and O–H groups in total. The fraction of sp³-hybridized carbons (Fsp3) is 0.909. The van der Waals surface area contributed by atoms with Crippen molar-refractivity contribution in [3.63, 3.8) is 0 Å². The molecule has 2 rings (SSSR count). The van der Waals surface area contributed by atoms with Crippen LogP contribution in [0.2, 0.25) is 0 Å². The third-order valence-corrected chi connectivity index (χ3v) is 3.67. The van der Waals surface area contributed by atoms with E-state index in [4.69, 9.17) is 4.74 Å². The van der Waals surface area contributed by atoms with Gasteiger partial charge in [-0.1, -0.05) is 12.8 Å². The zero-order chi connectivity index (χ0) is 9.97. The van der Waals surface area contributed by atoms with Gasteiger partial charge in [0.15, 0.2) is 0 Å². The van der Waals surface area contributed by atoms with E-state index in [1.165, 1.54) is 32.8 Å². The fourth-order valence-corrected chi connectivity index (χ4v) is 2.83. The van der Waals surface area contributed by atoms with E-state index in [0.717, 1.165) is 18.9 Å². The van der Waals surface area contributed by atoms with Crippen LogP contribution in [0.25, 0.3) is 0 Å². The van der Waals surface area contributed by atoms with E-state index in [-0.39, 0.29) is 11.9 Å². The minimum absolute atomic E-state index is 0.0435. The Bertz CT molecular complexity index is 211. The second-order valence-electron chi connectivity index (χ2n) is 4.52. The van der Waals surface area contributed by atoms with Crippen molar-refractivity contribution in [2.45, 2.75) is 38.1 Å². The van der Waals surface area contributed by atoms with Gasteiger partial charge in [-0.25, -0.2) is 0 Å². The standard InChI is InChI=1S/C11H19NO2/c1-14-11(13)9-6-10(12-7-9)8-4-2-3-5-8/h8-10,12H,2-7H2,1H3. The van der Waals surface area contributed by atoms with Crippen molar-refractivity contribution in [2.75, 3.05) is 13.7 Å². The van der Waals surface area contributed by atoms with Gasteiger partial charge < -0.3 is 10.1 Å². The molecule has 3 nitrogen and oxygen atoms in total. The van der Waals surface area contributed by atoms with Crippen molar-refractivity contribution in [3.8, 4) is 0 Å². The van der Waals surface area contributed by atoms with E-state index >= 15 is 0 Å². The van der Waals surface area contributed by atoms with Crippen LogP contribution in [-0.2, 0) is 9.53 Å². The number of ether oxygens (including phenoxy) is 1. The van der Waals surface area contributed by atoms with Gasteiger partial charge in [-0.15, -0.1) is 0 Å². The first kappa shape index (κ1) is 9.97. The van der Waals surface area contributed by atoms with Crippen molar-refractivity contribution >= 4 is 5.97 Å². The van der Waals surface area contributed by atoms with E-state index in [1.807, 2.05) is 0 Å². The van der Waals surface area contributed by atoms with Crippen LogP contribution in [0.5, 0.6) is 0 Å². The van der Waals surface area contributed by atoms with Gasteiger partial charge in [0.2, 0.25) is 0 Å². The fourth-order valence-electron chi connectivity index (χ4n) is 2.83. The molecule has 0 aromatic heterocycles. The molecule has 1 aliphatic heterocycles. The topological polar surface area (TPSA) is 38.3 Å². The summed E-state index contributed by atoms with van der Waals surface area (Å²) in [5.74, 6) is 0.869. The first-order valence-electron chi connectivity index (χ1n) is 5.62. The Morgan fingerprint density at radius 2 is 2.07 bits per heavy atom. The van der Waals surface area contributed by atoms with Crippen LogP contribution in [0.4, 0.5) is 0 Å². The van der Waals surface area contributed by atoms with Gasteiger partial charge in [0, 0.05) is 12.6 Å². The van der Waals surface area contributed by atoms with E-state index in [9.17, 15) is 4.79 Å². The van der Waals surface area contributed by atoms with Crippen LogP contribution in [0.15, 0.2) is 0 Å². The molecule has 1 heterocycles. The third kappa shape index (κ3) is 1.92. The number of methoxy groups -OCH3 is 1. The van der Waals surface area contributed by atoms with Gasteiger partial charge in [-0.3, -0.25) is 4.79 Å². The molecule has 0 spiro atoms. The quantitative estimate of drug-likeness (QED) is 0.679. The Labute approximate surface area is 85.2 Å².